The maximum absolute atomic E-state index is 2.50. The molecule has 0 saturated carbocycles. The molecule has 0 aliphatic heterocycles. The predicted molar refractivity (Wildman–Crippen MR) is 250 cm³/mol. The van der Waals surface area contributed by atoms with Crippen molar-refractivity contribution < 1.29 is 0 Å². The quantitative estimate of drug-likeness (QED) is 0.125. The van der Waals surface area contributed by atoms with Crippen LogP contribution < -0.4 is 0 Å². The van der Waals surface area contributed by atoms with Crippen LogP contribution in [-0.4, -0.2) is 0 Å². The van der Waals surface area contributed by atoms with Crippen LogP contribution >= 0.6 is 0 Å². The molecule has 0 atom stereocenters. The maximum atomic E-state index is 2.50. The minimum Gasteiger partial charge on any atom is -0.0616 e. The molecule has 11 aromatic carbocycles. The van der Waals surface area contributed by atoms with Gasteiger partial charge >= 0.3 is 0 Å². The van der Waals surface area contributed by atoms with Crippen LogP contribution in [0.4, 0.5) is 0 Å². The van der Waals surface area contributed by atoms with Crippen LogP contribution in [0.25, 0.3) is 109 Å². The fourth-order valence-corrected chi connectivity index (χ4v) is 10.4. The highest BCUT2D eigenvalue weighted by Crippen LogP contribution is 2.53. The number of hydrogen-bond acceptors (Lipinski definition) is 0. The third kappa shape index (κ3) is 4.76. The average molecular weight is 737 g/mol. The Hall–Kier alpha value is -7.02. The molecule has 0 unspecified atom stereocenters. The molecular weight excluding hydrogens is 697 g/mol. The van der Waals surface area contributed by atoms with Gasteiger partial charge in [-0.2, -0.15) is 0 Å². The Bertz CT molecular complexity index is 3470. The second-order valence-electron chi connectivity index (χ2n) is 16.9. The minimum atomic E-state index is -0.129. The Morgan fingerprint density at radius 2 is 0.724 bits per heavy atom. The zero-order valence-corrected chi connectivity index (χ0v) is 32.9. The van der Waals surface area contributed by atoms with Gasteiger partial charge in [-0.25, -0.2) is 0 Å². The smallest absolute Gasteiger partial charge is 0.0159 e. The SMILES string of the molecule is Cc1ccc2cc(-c3ccc(-c4c5ccccc5c(-c5ccc6c(c5)-c5cc7c8ccccc8c8ccccc8c7cc5C6(C)C)c5ccccc45)cc3)ccc2c1. The molecule has 1 aliphatic carbocycles. The summed E-state index contributed by atoms with van der Waals surface area (Å²) in [6, 6.07) is 70.9. The third-order valence-electron chi connectivity index (χ3n) is 13.3. The zero-order valence-electron chi connectivity index (χ0n) is 32.9. The molecule has 0 spiro atoms. The van der Waals surface area contributed by atoms with E-state index in [1.807, 2.05) is 0 Å². The average Bonchev–Trinajstić information content (AvgIpc) is 3.49. The van der Waals surface area contributed by atoms with Crippen LogP contribution in [0.3, 0.4) is 0 Å². The second kappa shape index (κ2) is 12.2. The monoisotopic (exact) mass is 736 g/mol. The van der Waals surface area contributed by atoms with Gasteiger partial charge in [-0.3, -0.25) is 0 Å². The Balaban J connectivity index is 1.04. The molecule has 0 heterocycles. The number of hydrogen-bond donors (Lipinski definition) is 0. The fourth-order valence-electron chi connectivity index (χ4n) is 10.4. The topological polar surface area (TPSA) is 0 Å². The Morgan fingerprint density at radius 3 is 1.33 bits per heavy atom. The number of aryl methyl sites for hydroxylation is 1. The molecule has 11 aromatic rings. The van der Waals surface area contributed by atoms with E-state index in [1.165, 1.54) is 126 Å². The molecule has 0 amide bonds. The summed E-state index contributed by atoms with van der Waals surface area (Å²) in [6.07, 6.45) is 0. The molecule has 0 fully saturated rings. The van der Waals surface area contributed by atoms with Crippen LogP contribution in [0.2, 0.25) is 0 Å². The van der Waals surface area contributed by atoms with E-state index < -0.39 is 0 Å². The lowest BCUT2D eigenvalue weighted by molar-refractivity contribution is 0.661. The molecule has 58 heavy (non-hydrogen) atoms. The van der Waals surface area contributed by atoms with Gasteiger partial charge in [0, 0.05) is 5.41 Å². The van der Waals surface area contributed by atoms with Gasteiger partial charge in [0.1, 0.15) is 0 Å². The van der Waals surface area contributed by atoms with E-state index in [0.717, 1.165) is 0 Å². The lowest BCUT2D eigenvalue weighted by Gasteiger charge is -2.23. The first kappa shape index (κ1) is 33.2. The zero-order chi connectivity index (χ0) is 38.7. The summed E-state index contributed by atoms with van der Waals surface area (Å²) in [6.45, 7) is 6.96. The molecule has 0 saturated heterocycles. The van der Waals surface area contributed by atoms with E-state index in [9.17, 15) is 0 Å². The van der Waals surface area contributed by atoms with Crippen LogP contribution in [0.1, 0.15) is 30.5 Å². The van der Waals surface area contributed by atoms with E-state index in [1.54, 1.807) is 0 Å². The highest BCUT2D eigenvalue weighted by Gasteiger charge is 2.36. The van der Waals surface area contributed by atoms with Crippen molar-refractivity contribution in [3.8, 4) is 44.5 Å². The Kier molecular flexibility index (Phi) is 7.00. The number of fused-ring (bicyclic) bond motifs is 12. The van der Waals surface area contributed by atoms with Crippen molar-refractivity contribution in [2.24, 2.45) is 0 Å². The molecule has 0 radical (unpaired) electrons. The lowest BCUT2D eigenvalue weighted by Crippen LogP contribution is -2.14. The fraction of sp³-hybridized carbons (Fsp3) is 0.0690. The summed E-state index contributed by atoms with van der Waals surface area (Å²) in [4.78, 5) is 0. The summed E-state index contributed by atoms with van der Waals surface area (Å²) < 4.78 is 0. The van der Waals surface area contributed by atoms with E-state index in [-0.39, 0.29) is 5.41 Å². The Labute approximate surface area is 338 Å². The van der Waals surface area contributed by atoms with Crippen LogP contribution in [0, 0.1) is 6.92 Å². The largest absolute Gasteiger partial charge is 0.0616 e. The molecule has 1 aliphatic rings. The van der Waals surface area contributed by atoms with Gasteiger partial charge in [-0.1, -0.05) is 183 Å². The van der Waals surface area contributed by atoms with Gasteiger partial charge in [0.15, 0.2) is 0 Å². The highest BCUT2D eigenvalue weighted by atomic mass is 14.4. The highest BCUT2D eigenvalue weighted by molar-refractivity contribution is 6.26. The number of benzene rings is 11. The third-order valence-corrected chi connectivity index (χ3v) is 13.3. The molecule has 272 valence electrons. The molecule has 0 N–H and O–H groups in total. The van der Waals surface area contributed by atoms with Crippen molar-refractivity contribution in [3.05, 3.63) is 205 Å². The Morgan fingerprint density at radius 1 is 0.293 bits per heavy atom. The van der Waals surface area contributed by atoms with Crippen molar-refractivity contribution in [1.29, 1.82) is 0 Å². The summed E-state index contributed by atoms with van der Waals surface area (Å²) in [5, 5.41) is 15.6. The van der Waals surface area contributed by atoms with Gasteiger partial charge < -0.3 is 0 Å². The van der Waals surface area contributed by atoms with Crippen LogP contribution in [-0.2, 0) is 5.41 Å². The standard InChI is InChI=1S/C58H40/c1-35-20-21-40-31-39(27-26-38(40)30-35)36-22-24-37(25-23-36)56-46-16-8-10-18-48(46)57(49-19-11-9-17-47(49)56)41-28-29-54-52(32-41)53-33-50-44-14-6-4-12-42(44)43-13-5-7-15-45(43)51(50)34-55(53)58(54,2)3/h4-34H,1-3H3. The molecule has 0 bridgehead atoms. The summed E-state index contributed by atoms with van der Waals surface area (Å²) >= 11 is 0. The predicted octanol–water partition coefficient (Wildman–Crippen LogP) is 16.2. The van der Waals surface area contributed by atoms with Gasteiger partial charge in [0.05, 0.1) is 0 Å². The molecule has 12 rings (SSSR count). The van der Waals surface area contributed by atoms with Crippen molar-refractivity contribution in [1.82, 2.24) is 0 Å². The molecular formula is C58H40. The first-order chi connectivity index (χ1) is 28.4. The van der Waals surface area contributed by atoms with Crippen molar-refractivity contribution >= 4 is 64.6 Å². The molecule has 0 heteroatoms. The minimum absolute atomic E-state index is 0.129. The number of rotatable bonds is 3. The van der Waals surface area contributed by atoms with Gasteiger partial charge in [0.2, 0.25) is 0 Å². The first-order valence-electron chi connectivity index (χ1n) is 20.5. The summed E-state index contributed by atoms with van der Waals surface area (Å²) in [5.74, 6) is 0. The van der Waals surface area contributed by atoms with Crippen LogP contribution in [0.5, 0.6) is 0 Å². The van der Waals surface area contributed by atoms with Gasteiger partial charge in [-0.05, 0) is 151 Å². The summed E-state index contributed by atoms with van der Waals surface area (Å²) in [5.41, 5.74) is 14.2. The normalized spacial score (nSPS) is 13.2. The molecule has 0 aromatic heterocycles. The van der Waals surface area contributed by atoms with Gasteiger partial charge in [-0.15, -0.1) is 0 Å². The van der Waals surface area contributed by atoms with E-state index in [2.05, 4.69) is 209 Å². The van der Waals surface area contributed by atoms with E-state index >= 15 is 0 Å². The van der Waals surface area contributed by atoms with Crippen molar-refractivity contribution in [2.75, 3.05) is 0 Å². The second-order valence-corrected chi connectivity index (χ2v) is 16.9. The lowest BCUT2D eigenvalue weighted by atomic mass is 9.80. The summed E-state index contributed by atoms with van der Waals surface area (Å²) in [7, 11) is 0. The van der Waals surface area contributed by atoms with E-state index in [4.69, 9.17) is 0 Å². The molecule has 0 nitrogen and oxygen atoms in total. The van der Waals surface area contributed by atoms with Gasteiger partial charge in [0.25, 0.3) is 0 Å². The van der Waals surface area contributed by atoms with E-state index in [0.29, 0.717) is 0 Å². The van der Waals surface area contributed by atoms with Crippen LogP contribution in [0.15, 0.2) is 188 Å². The maximum Gasteiger partial charge on any atom is 0.0159 e. The van der Waals surface area contributed by atoms with Crippen molar-refractivity contribution in [3.63, 3.8) is 0 Å². The van der Waals surface area contributed by atoms with Crippen molar-refractivity contribution in [2.45, 2.75) is 26.2 Å². The first-order valence-corrected chi connectivity index (χ1v) is 20.5.